The van der Waals surface area contributed by atoms with Crippen LogP contribution in [-0.2, 0) is 18.6 Å². The molecule has 0 aromatic carbocycles. The number of hydrogen-bond donors (Lipinski definition) is 3. The summed E-state index contributed by atoms with van der Waals surface area (Å²) in [6, 6.07) is 0. The lowest BCUT2D eigenvalue weighted by atomic mass is 10.1. The fourth-order valence-corrected chi connectivity index (χ4v) is 4.15. The minimum Gasteiger partial charge on any atom is -0.377 e. The zero-order valence-electron chi connectivity index (χ0n) is 20.5. The molecule has 0 aliphatic carbocycles. The number of nitrogens with one attached hydrogen (secondary N) is 1. The molecule has 0 fully saturated rings. The van der Waals surface area contributed by atoms with Crippen molar-refractivity contribution in [1.29, 1.82) is 0 Å². The Hall–Kier alpha value is -0.500. The van der Waals surface area contributed by atoms with Gasteiger partial charge in [0.1, 0.15) is 12.6 Å². The zero-order chi connectivity index (χ0) is 23.8. The molecule has 3 N–H and O–H groups in total. The lowest BCUT2D eigenvalue weighted by molar-refractivity contribution is -0.873. The Labute approximate surface area is 189 Å². The van der Waals surface area contributed by atoms with Crippen molar-refractivity contribution < 1.29 is 32.9 Å². The minimum atomic E-state index is -4.61. The molecule has 0 saturated carbocycles. The number of quaternary nitrogens is 1. The van der Waals surface area contributed by atoms with Crippen LogP contribution in [0.15, 0.2) is 0 Å². The highest BCUT2D eigenvalue weighted by Gasteiger charge is 2.30. The normalized spacial score (nSPS) is 14.4. The van der Waals surface area contributed by atoms with Crippen LogP contribution in [0.25, 0.3) is 0 Å². The molecule has 1 amide bonds. The third-order valence-corrected chi connectivity index (χ3v) is 5.57. The Morgan fingerprint density at radius 2 is 1.48 bits per heavy atom. The number of amides is 1. The topological polar surface area (TPSA) is 105 Å². The van der Waals surface area contributed by atoms with Gasteiger partial charge in [-0.3, -0.25) is 9.32 Å². The monoisotopic (exact) mass is 467 g/mol. The van der Waals surface area contributed by atoms with Crippen molar-refractivity contribution >= 4 is 13.7 Å². The first-order valence-electron chi connectivity index (χ1n) is 11.9. The summed E-state index contributed by atoms with van der Waals surface area (Å²) in [6.07, 6.45) is 10.6. The zero-order valence-corrected chi connectivity index (χ0v) is 21.4. The van der Waals surface area contributed by atoms with Crippen LogP contribution in [0.5, 0.6) is 0 Å². The second kappa shape index (κ2) is 17.0. The highest BCUT2D eigenvalue weighted by molar-refractivity contribution is 7.46. The number of rotatable bonds is 20. The van der Waals surface area contributed by atoms with Gasteiger partial charge in [0.05, 0.1) is 27.2 Å². The van der Waals surface area contributed by atoms with Gasteiger partial charge in [0.2, 0.25) is 5.91 Å². The van der Waals surface area contributed by atoms with Crippen LogP contribution < -0.4 is 5.32 Å². The first kappa shape index (κ1) is 30.5. The van der Waals surface area contributed by atoms with E-state index in [0.717, 1.165) is 12.8 Å². The van der Waals surface area contributed by atoms with E-state index in [1.54, 1.807) is 0 Å². The summed E-state index contributed by atoms with van der Waals surface area (Å²) in [5, 5.41) is 2.91. The number of nitrogens with zero attached hydrogens (tertiary/aromatic N) is 1. The maximum Gasteiger partial charge on any atom is 0.470 e. The fraction of sp³-hybridized carbons (Fsp3) is 0.955. The first-order chi connectivity index (χ1) is 14.5. The molecule has 0 bridgehead atoms. The van der Waals surface area contributed by atoms with Crippen molar-refractivity contribution in [2.45, 2.75) is 96.7 Å². The molecule has 0 radical (unpaired) electrons. The van der Waals surface area contributed by atoms with Crippen molar-refractivity contribution in [3.63, 3.8) is 0 Å². The van der Waals surface area contributed by atoms with E-state index in [4.69, 9.17) is 9.26 Å². The molecule has 2 unspecified atom stereocenters. The van der Waals surface area contributed by atoms with E-state index in [9.17, 15) is 19.1 Å². The van der Waals surface area contributed by atoms with Crippen LogP contribution in [0, 0.1) is 0 Å². The lowest BCUT2D eigenvalue weighted by Crippen LogP contribution is -2.45. The summed E-state index contributed by atoms with van der Waals surface area (Å²) in [6.45, 7) is 5.26. The SMILES string of the molecule is CCCCCCCCCCCC(=O)NCC(CC(C[N+](C)(C)C)OP(=O)(O)O)OCC. The summed E-state index contributed by atoms with van der Waals surface area (Å²) in [7, 11) is 1.18. The Kier molecular flexibility index (Phi) is 16.8. The fourth-order valence-electron chi connectivity index (χ4n) is 3.61. The summed E-state index contributed by atoms with van der Waals surface area (Å²) < 4.78 is 22.5. The van der Waals surface area contributed by atoms with E-state index < -0.39 is 13.9 Å². The van der Waals surface area contributed by atoms with E-state index in [2.05, 4.69) is 12.2 Å². The molecule has 0 spiro atoms. The maximum atomic E-state index is 12.2. The van der Waals surface area contributed by atoms with Crippen molar-refractivity contribution in [3.05, 3.63) is 0 Å². The van der Waals surface area contributed by atoms with Crippen LogP contribution in [-0.4, -0.2) is 73.2 Å². The van der Waals surface area contributed by atoms with Gasteiger partial charge in [-0.15, -0.1) is 0 Å². The van der Waals surface area contributed by atoms with Crippen molar-refractivity contribution in [2.24, 2.45) is 0 Å². The predicted molar refractivity (Wildman–Crippen MR) is 125 cm³/mol. The second-order valence-corrected chi connectivity index (χ2v) is 10.6. The van der Waals surface area contributed by atoms with Gasteiger partial charge in [-0.1, -0.05) is 58.3 Å². The van der Waals surface area contributed by atoms with Gasteiger partial charge in [0, 0.05) is 26.0 Å². The van der Waals surface area contributed by atoms with Gasteiger partial charge < -0.3 is 24.3 Å². The number of carbonyl (C=O) groups excluding carboxylic acids is 1. The van der Waals surface area contributed by atoms with Gasteiger partial charge in [-0.2, -0.15) is 0 Å². The van der Waals surface area contributed by atoms with Crippen molar-refractivity contribution in [1.82, 2.24) is 5.32 Å². The quantitative estimate of drug-likeness (QED) is 0.142. The predicted octanol–water partition coefficient (Wildman–Crippen LogP) is 4.00. The van der Waals surface area contributed by atoms with E-state index in [0.29, 0.717) is 37.0 Å². The number of ether oxygens (including phenoxy) is 1. The first-order valence-corrected chi connectivity index (χ1v) is 13.4. The molecule has 0 aliphatic rings. The van der Waals surface area contributed by atoms with Crippen LogP contribution in [0.2, 0.25) is 0 Å². The average Bonchev–Trinajstić information content (AvgIpc) is 2.62. The molecule has 0 aromatic rings. The molecule has 9 heteroatoms. The van der Waals surface area contributed by atoms with E-state index >= 15 is 0 Å². The van der Waals surface area contributed by atoms with E-state index in [-0.39, 0.29) is 12.0 Å². The molecule has 2 atom stereocenters. The van der Waals surface area contributed by atoms with E-state index in [1.165, 1.54) is 44.9 Å². The molecular formula is C22H48N2O6P+. The maximum absolute atomic E-state index is 12.2. The number of hydrogen-bond acceptors (Lipinski definition) is 4. The van der Waals surface area contributed by atoms with Gasteiger partial charge in [0.15, 0.2) is 0 Å². The Bertz CT molecular complexity index is 507. The van der Waals surface area contributed by atoms with E-state index in [1.807, 2.05) is 28.1 Å². The molecule has 0 aromatic heterocycles. The average molecular weight is 468 g/mol. The molecule has 0 heterocycles. The summed E-state index contributed by atoms with van der Waals surface area (Å²) in [5.41, 5.74) is 0. The van der Waals surface area contributed by atoms with Gasteiger partial charge in [-0.05, 0) is 13.3 Å². The van der Waals surface area contributed by atoms with Crippen LogP contribution >= 0.6 is 7.82 Å². The van der Waals surface area contributed by atoms with Gasteiger partial charge >= 0.3 is 7.82 Å². The second-order valence-electron chi connectivity index (χ2n) is 9.39. The van der Waals surface area contributed by atoms with Crippen LogP contribution in [0.3, 0.4) is 0 Å². The molecule has 186 valence electrons. The number of unbranched alkanes of at least 4 members (excludes halogenated alkanes) is 8. The van der Waals surface area contributed by atoms with Crippen LogP contribution in [0.4, 0.5) is 0 Å². The highest BCUT2D eigenvalue weighted by Crippen LogP contribution is 2.39. The number of phosphoric acid groups is 1. The standard InChI is InChI=1S/C22H47N2O6P/c1-6-8-9-10-11-12-13-14-15-16-22(25)23-18-20(29-7-2)17-21(19-24(3,4)5)30-31(26,27)28/h20-21H,6-19H2,1-5H3,(H2-,23,25,26,27,28)/p+1. The molecule has 0 saturated heterocycles. The number of carbonyl (C=O) groups is 1. The number of likely N-dealkylation sites (N-methyl/N-ethyl adjacent to an activating group) is 1. The van der Waals surface area contributed by atoms with Gasteiger partial charge in [-0.25, -0.2) is 4.57 Å². The molecule has 31 heavy (non-hydrogen) atoms. The molecule has 0 rings (SSSR count). The number of phosphoric ester groups is 1. The third kappa shape index (κ3) is 21.1. The van der Waals surface area contributed by atoms with Crippen molar-refractivity contribution in [3.8, 4) is 0 Å². The van der Waals surface area contributed by atoms with Crippen molar-refractivity contribution in [2.75, 3.05) is 40.8 Å². The minimum absolute atomic E-state index is 0.00768. The summed E-state index contributed by atoms with van der Waals surface area (Å²) in [4.78, 5) is 30.6. The Balaban J connectivity index is 4.28. The molecule has 8 nitrogen and oxygen atoms in total. The highest BCUT2D eigenvalue weighted by atomic mass is 31.2. The summed E-state index contributed by atoms with van der Waals surface area (Å²) >= 11 is 0. The largest absolute Gasteiger partial charge is 0.470 e. The Morgan fingerprint density at radius 1 is 0.935 bits per heavy atom. The third-order valence-electron chi connectivity index (χ3n) is 5.00. The summed E-state index contributed by atoms with van der Waals surface area (Å²) in [5.74, 6) is -0.00768. The Morgan fingerprint density at radius 3 is 1.97 bits per heavy atom. The van der Waals surface area contributed by atoms with Crippen LogP contribution in [0.1, 0.15) is 84.5 Å². The molecule has 0 aliphatic heterocycles. The smallest absolute Gasteiger partial charge is 0.377 e. The van der Waals surface area contributed by atoms with Gasteiger partial charge in [0.25, 0.3) is 0 Å². The molecular weight excluding hydrogens is 419 g/mol. The lowest BCUT2D eigenvalue weighted by Gasteiger charge is -2.31.